The number of carboxylic acids is 1. The van der Waals surface area contributed by atoms with E-state index in [2.05, 4.69) is 34.9 Å². The molecular weight excluding hydrogens is 464 g/mol. The second-order valence-corrected chi connectivity index (χ2v) is 9.84. The second kappa shape index (κ2) is 11.4. The van der Waals surface area contributed by atoms with E-state index < -0.39 is 24.0 Å². The number of aliphatic carboxylic acids is 1. The number of rotatable bonds is 9. The van der Waals surface area contributed by atoms with Gasteiger partial charge in [0.1, 0.15) is 12.6 Å². The van der Waals surface area contributed by atoms with E-state index >= 15 is 0 Å². The van der Waals surface area contributed by atoms with Crippen LogP contribution in [0.25, 0.3) is 11.1 Å². The smallest absolute Gasteiger partial charge is 0.407 e. The van der Waals surface area contributed by atoms with E-state index in [-0.39, 0.29) is 24.5 Å². The van der Waals surface area contributed by atoms with Gasteiger partial charge in [-0.25, -0.2) is 9.59 Å². The molecule has 8 heteroatoms. The molecule has 0 unspecified atom stereocenters. The molecule has 2 amide bonds. The summed E-state index contributed by atoms with van der Waals surface area (Å²) in [4.78, 5) is 36.7. The van der Waals surface area contributed by atoms with E-state index in [0.29, 0.717) is 25.0 Å². The summed E-state index contributed by atoms with van der Waals surface area (Å²) in [6.07, 6.45) is 6.32. The molecule has 0 saturated carbocycles. The Balaban J connectivity index is 1.31. The van der Waals surface area contributed by atoms with Gasteiger partial charge in [-0.1, -0.05) is 60.7 Å². The summed E-state index contributed by atoms with van der Waals surface area (Å²) in [5.74, 6) is -1.12. The summed E-state index contributed by atoms with van der Waals surface area (Å²) in [5, 5.41) is 14.9. The highest BCUT2D eigenvalue weighted by Gasteiger charge is 2.31. The summed E-state index contributed by atoms with van der Waals surface area (Å²) < 4.78 is 5.61. The third-order valence-corrected chi connectivity index (χ3v) is 7.21. The van der Waals surface area contributed by atoms with Crippen LogP contribution in [-0.4, -0.2) is 53.8 Å². The number of carboxylic acid groups (broad SMARTS) is 1. The molecule has 0 aromatic heterocycles. The Kier molecular flexibility index (Phi) is 8.13. The number of carbonyl (C=O) groups excluding carboxylic acids is 2. The van der Waals surface area contributed by atoms with E-state index in [1.807, 2.05) is 42.7 Å². The van der Waals surface area contributed by atoms with Gasteiger partial charge in [0.2, 0.25) is 5.91 Å². The van der Waals surface area contributed by atoms with Gasteiger partial charge in [-0.05, 0) is 53.5 Å². The number of nitrogens with one attached hydrogen (secondary N) is 2. The number of fused-ring (bicyclic) bond motifs is 3. The number of hydrogen-bond acceptors (Lipinski definition) is 5. The van der Waals surface area contributed by atoms with Gasteiger partial charge in [0, 0.05) is 11.8 Å². The highest BCUT2D eigenvalue weighted by molar-refractivity contribution is 7.98. The molecule has 2 aromatic carbocycles. The molecule has 35 heavy (non-hydrogen) atoms. The molecule has 0 saturated heterocycles. The predicted octanol–water partition coefficient (Wildman–Crippen LogP) is 4.18. The number of alkyl carbamates (subject to hydrolysis) is 1. The van der Waals surface area contributed by atoms with Crippen LogP contribution >= 0.6 is 11.8 Å². The Morgan fingerprint density at radius 1 is 1.09 bits per heavy atom. The number of benzene rings is 2. The van der Waals surface area contributed by atoms with E-state index in [1.165, 1.54) is 22.9 Å². The van der Waals surface area contributed by atoms with Crippen molar-refractivity contribution in [2.24, 2.45) is 5.92 Å². The Labute approximate surface area is 209 Å². The van der Waals surface area contributed by atoms with Gasteiger partial charge in [0.05, 0.1) is 6.04 Å². The highest BCUT2D eigenvalue weighted by atomic mass is 32.2. The number of carbonyl (C=O) groups is 3. The van der Waals surface area contributed by atoms with Crippen LogP contribution in [0.1, 0.15) is 36.3 Å². The summed E-state index contributed by atoms with van der Waals surface area (Å²) in [6.45, 7) is 0.218. The van der Waals surface area contributed by atoms with Crippen LogP contribution in [0.5, 0.6) is 0 Å². The summed E-state index contributed by atoms with van der Waals surface area (Å²) in [6, 6.07) is 15.0. The number of hydrogen-bond donors (Lipinski definition) is 3. The van der Waals surface area contributed by atoms with Crippen molar-refractivity contribution < 1.29 is 24.2 Å². The van der Waals surface area contributed by atoms with Gasteiger partial charge in [0.15, 0.2) is 0 Å². The summed E-state index contributed by atoms with van der Waals surface area (Å²) in [5.41, 5.74) is 4.62. The second-order valence-electron chi connectivity index (χ2n) is 8.85. The first-order valence-corrected chi connectivity index (χ1v) is 13.2. The molecule has 184 valence electrons. The maximum Gasteiger partial charge on any atom is 0.407 e. The number of thioether (sulfide) groups is 1. The molecule has 0 aliphatic heterocycles. The number of allylic oxidation sites excluding steroid dienone is 1. The topological polar surface area (TPSA) is 105 Å². The normalized spacial score (nSPS) is 19.3. The fourth-order valence-electron chi connectivity index (χ4n) is 4.78. The fraction of sp³-hybridized carbons (Fsp3) is 0.370. The van der Waals surface area contributed by atoms with Crippen molar-refractivity contribution in [1.82, 2.24) is 10.6 Å². The standard InChI is InChI=1S/C27H30N2O5S/c1-35-14-13-24(26(31)32)29-25(30)17-7-6-8-18(15-17)28-27(33)34-16-23-21-11-4-2-9-19(21)20-10-3-5-12-22(20)23/h2-6,8-12,17-18,23-24H,7,13-16H2,1H3,(H,28,33)(H,29,30)(H,31,32)/t17-,18-,24-/m1/s1. The largest absolute Gasteiger partial charge is 0.480 e. The van der Waals surface area contributed by atoms with Crippen LogP contribution in [0.2, 0.25) is 0 Å². The summed E-state index contributed by atoms with van der Waals surface area (Å²) >= 11 is 1.54. The van der Waals surface area contributed by atoms with Gasteiger partial charge in [-0.2, -0.15) is 11.8 Å². The van der Waals surface area contributed by atoms with Gasteiger partial charge < -0.3 is 20.5 Å². The van der Waals surface area contributed by atoms with E-state index in [1.54, 1.807) is 0 Å². The molecule has 0 spiro atoms. The monoisotopic (exact) mass is 494 g/mol. The average Bonchev–Trinajstić information content (AvgIpc) is 3.19. The zero-order chi connectivity index (χ0) is 24.8. The Bertz CT molecular complexity index is 1070. The van der Waals surface area contributed by atoms with Crippen LogP contribution in [0, 0.1) is 5.92 Å². The number of amides is 2. The molecule has 7 nitrogen and oxygen atoms in total. The molecule has 3 atom stereocenters. The fourth-order valence-corrected chi connectivity index (χ4v) is 5.26. The first-order chi connectivity index (χ1) is 17.0. The average molecular weight is 495 g/mol. The van der Waals surface area contributed by atoms with Gasteiger partial charge in [-0.3, -0.25) is 4.79 Å². The van der Waals surface area contributed by atoms with Crippen molar-refractivity contribution in [3.05, 3.63) is 71.8 Å². The number of ether oxygens (including phenoxy) is 1. The minimum absolute atomic E-state index is 0.0252. The predicted molar refractivity (Wildman–Crippen MR) is 136 cm³/mol. The van der Waals surface area contributed by atoms with E-state index in [4.69, 9.17) is 4.74 Å². The first kappa shape index (κ1) is 24.9. The zero-order valence-corrected chi connectivity index (χ0v) is 20.4. The van der Waals surface area contributed by atoms with Crippen molar-refractivity contribution in [2.45, 2.75) is 37.3 Å². The molecule has 3 N–H and O–H groups in total. The lowest BCUT2D eigenvalue weighted by atomic mass is 9.90. The molecule has 2 aromatic rings. The summed E-state index contributed by atoms with van der Waals surface area (Å²) in [7, 11) is 0. The maximum atomic E-state index is 12.7. The molecule has 0 fully saturated rings. The lowest BCUT2D eigenvalue weighted by Gasteiger charge is -2.26. The SMILES string of the molecule is CSCC[C@@H](NC(=O)[C@@H]1CC=C[C@@H](NC(=O)OCC2c3ccccc3-c3ccccc32)C1)C(=O)O. The molecule has 4 rings (SSSR count). The van der Waals surface area contributed by atoms with Crippen molar-refractivity contribution in [3.63, 3.8) is 0 Å². The lowest BCUT2D eigenvalue weighted by Crippen LogP contribution is -2.46. The lowest BCUT2D eigenvalue weighted by molar-refractivity contribution is -0.142. The minimum atomic E-state index is -1.04. The van der Waals surface area contributed by atoms with Crippen LogP contribution in [0.15, 0.2) is 60.7 Å². The van der Waals surface area contributed by atoms with Gasteiger partial charge in [0.25, 0.3) is 0 Å². The van der Waals surface area contributed by atoms with Crippen molar-refractivity contribution in [3.8, 4) is 11.1 Å². The zero-order valence-electron chi connectivity index (χ0n) is 19.6. The molecular formula is C27H30N2O5S. The van der Waals surface area contributed by atoms with Crippen molar-refractivity contribution >= 4 is 29.7 Å². The Morgan fingerprint density at radius 2 is 1.74 bits per heavy atom. The molecule has 0 radical (unpaired) electrons. The first-order valence-electron chi connectivity index (χ1n) is 11.8. The van der Waals surface area contributed by atoms with Gasteiger partial charge >= 0.3 is 12.1 Å². The Morgan fingerprint density at radius 3 is 2.37 bits per heavy atom. The van der Waals surface area contributed by atoms with Crippen LogP contribution in [-0.2, 0) is 14.3 Å². The molecule has 2 aliphatic rings. The molecule has 2 aliphatic carbocycles. The maximum absolute atomic E-state index is 12.7. The highest BCUT2D eigenvalue weighted by Crippen LogP contribution is 2.44. The third kappa shape index (κ3) is 5.88. The quantitative estimate of drug-likeness (QED) is 0.452. The van der Waals surface area contributed by atoms with Gasteiger partial charge in [-0.15, -0.1) is 0 Å². The van der Waals surface area contributed by atoms with Crippen LogP contribution in [0.3, 0.4) is 0 Å². The Hall–Kier alpha value is -3.26. The van der Waals surface area contributed by atoms with Crippen molar-refractivity contribution in [2.75, 3.05) is 18.6 Å². The van der Waals surface area contributed by atoms with Crippen LogP contribution in [0.4, 0.5) is 4.79 Å². The third-order valence-electron chi connectivity index (χ3n) is 6.57. The van der Waals surface area contributed by atoms with E-state index in [0.717, 1.165) is 11.1 Å². The van der Waals surface area contributed by atoms with Crippen molar-refractivity contribution in [1.29, 1.82) is 0 Å². The van der Waals surface area contributed by atoms with Crippen LogP contribution < -0.4 is 10.6 Å². The molecule has 0 heterocycles. The minimum Gasteiger partial charge on any atom is -0.480 e. The molecule has 0 bridgehead atoms. The van der Waals surface area contributed by atoms with E-state index in [9.17, 15) is 19.5 Å².